The summed E-state index contributed by atoms with van der Waals surface area (Å²) in [4.78, 5) is 21.1. The fraction of sp³-hybridized carbons (Fsp3) is 0.0833. The van der Waals surface area contributed by atoms with Gasteiger partial charge >= 0.3 is 0 Å². The molecule has 0 saturated heterocycles. The van der Waals surface area contributed by atoms with E-state index in [1.54, 1.807) is 34.1 Å². The van der Waals surface area contributed by atoms with Crippen molar-refractivity contribution in [3.63, 3.8) is 0 Å². The lowest BCUT2D eigenvalue weighted by atomic mass is 10.1. The van der Waals surface area contributed by atoms with Crippen LogP contribution in [-0.4, -0.2) is 25.7 Å². The summed E-state index contributed by atoms with van der Waals surface area (Å²) in [5, 5.41) is 7.08. The van der Waals surface area contributed by atoms with E-state index in [0.29, 0.717) is 12.1 Å². The molecule has 5 aromatic rings. The van der Waals surface area contributed by atoms with Gasteiger partial charge in [-0.25, -0.2) is 14.6 Å². The van der Waals surface area contributed by atoms with Crippen LogP contribution in [0.1, 0.15) is 21.5 Å². The van der Waals surface area contributed by atoms with Crippen molar-refractivity contribution in [3.05, 3.63) is 102 Å². The van der Waals surface area contributed by atoms with E-state index in [0.717, 1.165) is 32.4 Å². The maximum Gasteiger partial charge on any atom is 0.251 e. The molecule has 0 saturated carbocycles. The average molecular weight is 458 g/mol. The van der Waals surface area contributed by atoms with Gasteiger partial charge in [0.05, 0.1) is 15.9 Å². The first kappa shape index (κ1) is 20.4. The second-order valence-corrected chi connectivity index (χ2v) is 9.38. The van der Waals surface area contributed by atoms with Gasteiger partial charge in [-0.3, -0.25) is 4.79 Å². The Morgan fingerprint density at radius 3 is 2.50 bits per heavy atom. The van der Waals surface area contributed by atoms with Crippen molar-refractivity contribution in [1.29, 1.82) is 0 Å². The molecule has 8 heteroatoms. The van der Waals surface area contributed by atoms with E-state index in [-0.39, 0.29) is 5.91 Å². The smallest absolute Gasteiger partial charge is 0.251 e. The Labute approximate surface area is 193 Å². The number of thiazole rings is 1. The van der Waals surface area contributed by atoms with Gasteiger partial charge in [-0.05, 0) is 47.5 Å². The third kappa shape index (κ3) is 4.71. The van der Waals surface area contributed by atoms with Crippen molar-refractivity contribution in [2.24, 2.45) is 0 Å². The van der Waals surface area contributed by atoms with Crippen LogP contribution in [0.3, 0.4) is 0 Å². The molecule has 0 atom stereocenters. The number of aromatic nitrogens is 4. The molecule has 0 radical (unpaired) electrons. The molecule has 0 fully saturated rings. The first-order valence-electron chi connectivity index (χ1n) is 10.0. The van der Waals surface area contributed by atoms with E-state index in [4.69, 9.17) is 0 Å². The Balaban J connectivity index is 1.14. The van der Waals surface area contributed by atoms with Crippen LogP contribution in [0.25, 0.3) is 15.9 Å². The van der Waals surface area contributed by atoms with Gasteiger partial charge in [-0.1, -0.05) is 48.2 Å². The summed E-state index contributed by atoms with van der Waals surface area (Å²) in [5.74, 6) is 0.732. The number of carbonyl (C=O) groups excluding carboxylic acids is 1. The van der Waals surface area contributed by atoms with E-state index in [9.17, 15) is 4.79 Å². The lowest BCUT2D eigenvalue weighted by Gasteiger charge is -2.07. The summed E-state index contributed by atoms with van der Waals surface area (Å²) >= 11 is 3.43. The lowest BCUT2D eigenvalue weighted by molar-refractivity contribution is 0.0951. The summed E-state index contributed by atoms with van der Waals surface area (Å²) in [6.45, 7) is 0.464. The van der Waals surface area contributed by atoms with Crippen LogP contribution in [0.2, 0.25) is 0 Å². The van der Waals surface area contributed by atoms with Crippen LogP contribution < -0.4 is 5.32 Å². The fourth-order valence-corrected chi connectivity index (χ4v) is 5.23. The highest BCUT2D eigenvalue weighted by molar-refractivity contribution is 8.00. The number of hydrogen-bond acceptors (Lipinski definition) is 6. The Kier molecular flexibility index (Phi) is 5.96. The third-order valence-corrected chi connectivity index (χ3v) is 7.18. The Morgan fingerprint density at radius 1 is 0.969 bits per heavy atom. The molecular weight excluding hydrogens is 438 g/mol. The van der Waals surface area contributed by atoms with Crippen molar-refractivity contribution in [2.75, 3.05) is 0 Å². The van der Waals surface area contributed by atoms with E-state index in [1.165, 1.54) is 11.0 Å². The number of rotatable bonds is 7. The van der Waals surface area contributed by atoms with Gasteiger partial charge in [0.15, 0.2) is 4.34 Å². The predicted octanol–water partition coefficient (Wildman–Crippen LogP) is 5.10. The van der Waals surface area contributed by atoms with Gasteiger partial charge in [0.25, 0.3) is 5.91 Å². The standard InChI is InChI=1S/C24H19N5OS2/c30-23(26-13-17-7-11-20(12-8-17)29-16-25-15-27-29)19-9-5-18(6-10-19)14-31-24-28-21-3-1-2-4-22(21)32-24/h1-12,15-16H,13-14H2,(H,26,30). The second-order valence-electron chi connectivity index (χ2n) is 7.12. The number of carbonyl (C=O) groups is 1. The lowest BCUT2D eigenvalue weighted by Crippen LogP contribution is -2.22. The van der Waals surface area contributed by atoms with Gasteiger partial charge < -0.3 is 5.32 Å². The van der Waals surface area contributed by atoms with Crippen LogP contribution in [-0.2, 0) is 12.3 Å². The molecule has 32 heavy (non-hydrogen) atoms. The molecular formula is C24H19N5OS2. The third-order valence-electron chi connectivity index (χ3n) is 4.93. The summed E-state index contributed by atoms with van der Waals surface area (Å²) in [7, 11) is 0. The van der Waals surface area contributed by atoms with Crippen molar-refractivity contribution >= 4 is 39.2 Å². The minimum atomic E-state index is -0.0873. The summed E-state index contributed by atoms with van der Waals surface area (Å²) in [5.41, 5.74) is 4.80. The first-order valence-corrected chi connectivity index (χ1v) is 11.8. The number of hydrogen-bond donors (Lipinski definition) is 1. The minimum Gasteiger partial charge on any atom is -0.348 e. The molecule has 0 aliphatic heterocycles. The molecule has 1 N–H and O–H groups in total. The molecule has 6 nitrogen and oxygen atoms in total. The van der Waals surface area contributed by atoms with E-state index in [2.05, 4.69) is 26.4 Å². The molecule has 0 aliphatic carbocycles. The zero-order chi connectivity index (χ0) is 21.8. The average Bonchev–Trinajstić information content (AvgIpc) is 3.52. The topological polar surface area (TPSA) is 72.7 Å². The highest BCUT2D eigenvalue weighted by atomic mass is 32.2. The fourth-order valence-electron chi connectivity index (χ4n) is 3.20. The van der Waals surface area contributed by atoms with E-state index >= 15 is 0 Å². The highest BCUT2D eigenvalue weighted by Gasteiger charge is 2.08. The number of fused-ring (bicyclic) bond motifs is 1. The Hall–Kier alpha value is -3.49. The second kappa shape index (κ2) is 9.33. The van der Waals surface area contributed by atoms with Crippen LogP contribution in [0.15, 0.2) is 89.8 Å². The zero-order valence-electron chi connectivity index (χ0n) is 17.0. The van der Waals surface area contributed by atoms with Gasteiger partial charge in [0, 0.05) is 17.9 Å². The van der Waals surface area contributed by atoms with Crippen molar-refractivity contribution in [1.82, 2.24) is 25.1 Å². The number of amides is 1. The largest absolute Gasteiger partial charge is 0.348 e. The molecule has 2 heterocycles. The van der Waals surface area contributed by atoms with Gasteiger partial charge in [0.2, 0.25) is 0 Å². The number of nitrogens with zero attached hydrogens (tertiary/aromatic N) is 4. The monoisotopic (exact) mass is 457 g/mol. The molecule has 1 amide bonds. The maximum absolute atomic E-state index is 12.5. The number of para-hydroxylation sites is 1. The van der Waals surface area contributed by atoms with Gasteiger partial charge in [0.1, 0.15) is 12.7 Å². The van der Waals surface area contributed by atoms with Crippen LogP contribution in [0.5, 0.6) is 0 Å². The highest BCUT2D eigenvalue weighted by Crippen LogP contribution is 2.31. The summed E-state index contributed by atoms with van der Waals surface area (Å²) < 4.78 is 3.96. The summed E-state index contributed by atoms with van der Waals surface area (Å²) in [6.07, 6.45) is 3.15. The molecule has 0 unspecified atom stereocenters. The van der Waals surface area contributed by atoms with E-state index in [1.807, 2.05) is 66.7 Å². The molecule has 5 rings (SSSR count). The van der Waals surface area contributed by atoms with Crippen molar-refractivity contribution in [2.45, 2.75) is 16.6 Å². The number of nitrogens with one attached hydrogen (secondary N) is 1. The Bertz CT molecular complexity index is 1300. The molecule has 3 aromatic carbocycles. The van der Waals surface area contributed by atoms with Crippen LogP contribution in [0, 0.1) is 0 Å². The predicted molar refractivity (Wildman–Crippen MR) is 128 cm³/mol. The SMILES string of the molecule is O=C(NCc1ccc(-n2cncn2)cc1)c1ccc(CSc2nc3ccccc3s2)cc1. The minimum absolute atomic E-state index is 0.0873. The molecule has 2 aromatic heterocycles. The van der Waals surface area contributed by atoms with Gasteiger partial charge in [-0.2, -0.15) is 5.10 Å². The van der Waals surface area contributed by atoms with Crippen LogP contribution >= 0.6 is 23.1 Å². The number of benzene rings is 3. The van der Waals surface area contributed by atoms with Crippen molar-refractivity contribution in [3.8, 4) is 5.69 Å². The Morgan fingerprint density at radius 2 is 1.75 bits per heavy atom. The first-order chi connectivity index (χ1) is 15.7. The molecule has 0 aliphatic rings. The maximum atomic E-state index is 12.5. The molecule has 158 valence electrons. The number of thioether (sulfide) groups is 1. The molecule has 0 spiro atoms. The zero-order valence-corrected chi connectivity index (χ0v) is 18.6. The molecule has 0 bridgehead atoms. The normalized spacial score (nSPS) is 11.0. The van der Waals surface area contributed by atoms with Crippen LogP contribution in [0.4, 0.5) is 0 Å². The quantitative estimate of drug-likeness (QED) is 0.344. The van der Waals surface area contributed by atoms with E-state index < -0.39 is 0 Å². The van der Waals surface area contributed by atoms with Gasteiger partial charge in [-0.15, -0.1) is 11.3 Å². The van der Waals surface area contributed by atoms with Crippen molar-refractivity contribution < 1.29 is 4.79 Å². The summed E-state index contributed by atoms with van der Waals surface area (Å²) in [6, 6.07) is 23.8.